The van der Waals surface area contributed by atoms with E-state index in [2.05, 4.69) is 11.0 Å². The number of benzene rings is 1. The van der Waals surface area contributed by atoms with Crippen LogP contribution < -0.4 is 4.74 Å². The Morgan fingerprint density at radius 1 is 1.12 bits per heavy atom. The smallest absolute Gasteiger partial charge is 0.310 e. The molecule has 0 N–H and O–H groups in total. The first-order valence-electron chi connectivity index (χ1n) is 7.86. The van der Waals surface area contributed by atoms with Gasteiger partial charge >= 0.3 is 5.69 Å². The molecule has 0 amide bonds. The van der Waals surface area contributed by atoms with Crippen LogP contribution in [0.15, 0.2) is 64.6 Å². The fraction of sp³-hybridized carbons (Fsp3) is 0.222. The summed E-state index contributed by atoms with van der Waals surface area (Å²) in [5.74, 6) is 1.17. The van der Waals surface area contributed by atoms with Crippen LogP contribution in [-0.4, -0.2) is 23.0 Å². The topological polar surface area (TPSA) is 68.8 Å². The molecule has 0 saturated heterocycles. The highest BCUT2D eigenvalue weighted by atomic mass is 32.1. The number of para-hydroxylation sites is 2. The molecule has 0 spiro atoms. The Balaban J connectivity index is 1.61. The Labute approximate surface area is 149 Å². The summed E-state index contributed by atoms with van der Waals surface area (Å²) in [6, 6.07) is 14.3. The number of hydrogen-bond donors (Lipinski definition) is 0. The van der Waals surface area contributed by atoms with Crippen molar-refractivity contribution >= 4 is 17.0 Å². The van der Waals surface area contributed by atoms with Gasteiger partial charge in [-0.05, 0) is 29.6 Å². The maximum atomic E-state index is 11.0. The average Bonchev–Trinajstić information content (AvgIpc) is 3.29. The second-order valence-corrected chi connectivity index (χ2v) is 6.47. The highest BCUT2D eigenvalue weighted by Gasteiger charge is 2.15. The van der Waals surface area contributed by atoms with Gasteiger partial charge in [-0.1, -0.05) is 18.2 Å². The van der Waals surface area contributed by atoms with Crippen molar-refractivity contribution in [2.45, 2.75) is 13.1 Å². The van der Waals surface area contributed by atoms with E-state index in [0.717, 1.165) is 12.3 Å². The zero-order chi connectivity index (χ0) is 17.5. The van der Waals surface area contributed by atoms with E-state index in [0.29, 0.717) is 25.4 Å². The van der Waals surface area contributed by atoms with Gasteiger partial charge in [-0.25, -0.2) is 0 Å². The summed E-state index contributed by atoms with van der Waals surface area (Å²) >= 11 is 1.70. The second-order valence-electron chi connectivity index (χ2n) is 5.44. The first-order chi connectivity index (χ1) is 12.2. The molecule has 2 heterocycles. The SMILES string of the molecule is O=[N+]([O-])c1ccccc1OCCN(Cc1ccco1)Cc1cccs1. The normalized spacial score (nSPS) is 10.9. The van der Waals surface area contributed by atoms with Crippen LogP contribution in [0.2, 0.25) is 0 Å². The second kappa shape index (κ2) is 8.46. The summed E-state index contributed by atoms with van der Waals surface area (Å²) in [6.45, 7) is 2.42. The fourth-order valence-electron chi connectivity index (χ4n) is 2.47. The van der Waals surface area contributed by atoms with Gasteiger partial charge in [-0.3, -0.25) is 15.0 Å². The molecule has 0 atom stereocenters. The first kappa shape index (κ1) is 17.2. The molecule has 2 aromatic heterocycles. The third-order valence-corrected chi connectivity index (χ3v) is 4.51. The Morgan fingerprint density at radius 2 is 2.00 bits per heavy atom. The highest BCUT2D eigenvalue weighted by molar-refractivity contribution is 7.09. The molecule has 0 aliphatic carbocycles. The molecule has 0 aliphatic rings. The van der Waals surface area contributed by atoms with E-state index >= 15 is 0 Å². The third kappa shape index (κ3) is 4.91. The van der Waals surface area contributed by atoms with Crippen molar-refractivity contribution in [3.05, 3.63) is 80.9 Å². The van der Waals surface area contributed by atoms with Gasteiger partial charge in [0.25, 0.3) is 0 Å². The van der Waals surface area contributed by atoms with E-state index in [9.17, 15) is 10.1 Å². The van der Waals surface area contributed by atoms with Gasteiger partial charge in [0.05, 0.1) is 17.7 Å². The summed E-state index contributed by atoms with van der Waals surface area (Å²) in [6.07, 6.45) is 1.66. The van der Waals surface area contributed by atoms with E-state index in [1.54, 1.807) is 35.8 Å². The molecule has 130 valence electrons. The van der Waals surface area contributed by atoms with Gasteiger partial charge in [0.1, 0.15) is 12.4 Å². The van der Waals surface area contributed by atoms with E-state index in [-0.39, 0.29) is 5.69 Å². The molecule has 1 aromatic carbocycles. The van der Waals surface area contributed by atoms with Crippen molar-refractivity contribution in [3.8, 4) is 5.75 Å². The van der Waals surface area contributed by atoms with Crippen molar-refractivity contribution < 1.29 is 14.1 Å². The van der Waals surface area contributed by atoms with Crippen LogP contribution in [0.3, 0.4) is 0 Å². The van der Waals surface area contributed by atoms with E-state index in [1.807, 2.05) is 23.6 Å². The van der Waals surface area contributed by atoms with Gasteiger partial charge in [0.2, 0.25) is 0 Å². The van der Waals surface area contributed by atoms with Crippen LogP contribution in [0.25, 0.3) is 0 Å². The van der Waals surface area contributed by atoms with Crippen LogP contribution in [0.5, 0.6) is 5.75 Å². The minimum atomic E-state index is -0.429. The lowest BCUT2D eigenvalue weighted by Gasteiger charge is -2.20. The molecule has 3 rings (SSSR count). The van der Waals surface area contributed by atoms with E-state index in [4.69, 9.17) is 9.15 Å². The van der Waals surface area contributed by atoms with Crippen molar-refractivity contribution in [2.75, 3.05) is 13.2 Å². The predicted molar refractivity (Wildman–Crippen MR) is 95.7 cm³/mol. The molecule has 7 heteroatoms. The van der Waals surface area contributed by atoms with Gasteiger partial charge < -0.3 is 9.15 Å². The summed E-state index contributed by atoms with van der Waals surface area (Å²) in [4.78, 5) is 14.1. The lowest BCUT2D eigenvalue weighted by Crippen LogP contribution is -2.27. The number of nitro groups is 1. The fourth-order valence-corrected chi connectivity index (χ4v) is 3.22. The number of nitrogens with zero attached hydrogens (tertiary/aromatic N) is 2. The minimum absolute atomic E-state index is 0.0154. The number of ether oxygens (including phenoxy) is 1. The number of furan rings is 1. The maximum absolute atomic E-state index is 11.0. The zero-order valence-electron chi connectivity index (χ0n) is 13.5. The molecule has 3 aromatic rings. The lowest BCUT2D eigenvalue weighted by atomic mass is 10.3. The summed E-state index contributed by atoms with van der Waals surface area (Å²) in [7, 11) is 0. The molecule has 0 unspecified atom stereocenters. The monoisotopic (exact) mass is 358 g/mol. The summed E-state index contributed by atoms with van der Waals surface area (Å²) in [5.41, 5.74) is -0.0154. The van der Waals surface area contributed by atoms with Crippen molar-refractivity contribution in [2.24, 2.45) is 0 Å². The number of rotatable bonds is 9. The van der Waals surface area contributed by atoms with E-state index in [1.165, 1.54) is 10.9 Å². The molecule has 6 nitrogen and oxygen atoms in total. The molecule has 0 bridgehead atoms. The van der Waals surface area contributed by atoms with Crippen molar-refractivity contribution in [1.82, 2.24) is 4.90 Å². The Bertz CT molecular complexity index is 751. The van der Waals surface area contributed by atoms with Crippen LogP contribution in [-0.2, 0) is 13.1 Å². The quantitative estimate of drug-likeness (QED) is 0.421. The molecule has 0 radical (unpaired) electrons. The molecule has 0 fully saturated rings. The van der Waals surface area contributed by atoms with Gasteiger partial charge in [0.15, 0.2) is 5.75 Å². The van der Waals surface area contributed by atoms with Crippen LogP contribution in [0, 0.1) is 10.1 Å². The Morgan fingerprint density at radius 3 is 2.72 bits per heavy atom. The standard InChI is InChI=1S/C18H18N2O4S/c21-20(22)17-7-1-2-8-18(17)24-11-9-19(13-15-5-3-10-23-15)14-16-6-4-12-25-16/h1-8,10,12H,9,11,13-14H2. The summed E-state index contributed by atoms with van der Waals surface area (Å²) in [5, 5.41) is 13.1. The van der Waals surface area contributed by atoms with Crippen LogP contribution in [0.4, 0.5) is 5.69 Å². The number of nitro benzene ring substituents is 1. The predicted octanol–water partition coefficient (Wildman–Crippen LogP) is 4.33. The maximum Gasteiger partial charge on any atom is 0.310 e. The van der Waals surface area contributed by atoms with Crippen LogP contribution in [0.1, 0.15) is 10.6 Å². The van der Waals surface area contributed by atoms with Crippen LogP contribution >= 0.6 is 11.3 Å². The molecule has 25 heavy (non-hydrogen) atoms. The molecule has 0 saturated carbocycles. The molecular formula is C18H18N2O4S. The molecular weight excluding hydrogens is 340 g/mol. The van der Waals surface area contributed by atoms with E-state index < -0.39 is 4.92 Å². The average molecular weight is 358 g/mol. The van der Waals surface area contributed by atoms with Gasteiger partial charge in [-0.15, -0.1) is 11.3 Å². The number of hydrogen-bond acceptors (Lipinski definition) is 6. The zero-order valence-corrected chi connectivity index (χ0v) is 14.4. The van der Waals surface area contributed by atoms with Crippen molar-refractivity contribution in [1.29, 1.82) is 0 Å². The highest BCUT2D eigenvalue weighted by Crippen LogP contribution is 2.25. The van der Waals surface area contributed by atoms with Crippen molar-refractivity contribution in [3.63, 3.8) is 0 Å². The molecule has 0 aliphatic heterocycles. The largest absolute Gasteiger partial charge is 0.485 e. The Kier molecular flexibility index (Phi) is 5.81. The first-order valence-corrected chi connectivity index (χ1v) is 8.73. The minimum Gasteiger partial charge on any atom is -0.485 e. The number of thiophene rings is 1. The Hall–Kier alpha value is -2.64. The third-order valence-electron chi connectivity index (χ3n) is 3.65. The van der Waals surface area contributed by atoms with Gasteiger partial charge in [-0.2, -0.15) is 0 Å². The lowest BCUT2D eigenvalue weighted by molar-refractivity contribution is -0.385. The summed E-state index contributed by atoms with van der Waals surface area (Å²) < 4.78 is 11.1. The van der Waals surface area contributed by atoms with Gasteiger partial charge in [0, 0.05) is 24.0 Å².